The summed E-state index contributed by atoms with van der Waals surface area (Å²) < 4.78 is 19.7. The van der Waals surface area contributed by atoms with Crippen LogP contribution >= 0.6 is 0 Å². The molecular formula is C23H40N2O8. The SMILES string of the molecule is C=C(C)C(=O)OCCOC(=O)NCC(C)CC(C)(C)CCNC(=O)OCCOC(=O)C(C)C. The van der Waals surface area contributed by atoms with Crippen LogP contribution in [0.25, 0.3) is 0 Å². The van der Waals surface area contributed by atoms with Crippen LogP contribution in [0.2, 0.25) is 0 Å². The van der Waals surface area contributed by atoms with Gasteiger partial charge in [0.25, 0.3) is 0 Å². The molecule has 0 fully saturated rings. The van der Waals surface area contributed by atoms with Crippen molar-refractivity contribution in [1.82, 2.24) is 10.6 Å². The number of hydrogen-bond acceptors (Lipinski definition) is 8. The summed E-state index contributed by atoms with van der Waals surface area (Å²) in [6, 6.07) is 0. The van der Waals surface area contributed by atoms with Gasteiger partial charge in [-0.1, -0.05) is 41.2 Å². The van der Waals surface area contributed by atoms with Gasteiger partial charge in [0.1, 0.15) is 26.4 Å². The molecule has 0 saturated heterocycles. The summed E-state index contributed by atoms with van der Waals surface area (Å²) in [5.41, 5.74) is 0.203. The molecule has 33 heavy (non-hydrogen) atoms. The third-order valence-electron chi connectivity index (χ3n) is 4.50. The summed E-state index contributed by atoms with van der Waals surface area (Å²) in [6.45, 7) is 15.5. The topological polar surface area (TPSA) is 129 Å². The van der Waals surface area contributed by atoms with Crippen molar-refractivity contribution in [2.45, 2.75) is 54.4 Å². The first-order chi connectivity index (χ1) is 15.3. The highest BCUT2D eigenvalue weighted by molar-refractivity contribution is 5.86. The lowest BCUT2D eigenvalue weighted by Crippen LogP contribution is -2.33. The van der Waals surface area contributed by atoms with Crippen molar-refractivity contribution in [3.8, 4) is 0 Å². The second-order valence-corrected chi connectivity index (χ2v) is 9.04. The van der Waals surface area contributed by atoms with Crippen LogP contribution in [-0.4, -0.2) is 63.6 Å². The van der Waals surface area contributed by atoms with Gasteiger partial charge in [-0.2, -0.15) is 0 Å². The van der Waals surface area contributed by atoms with E-state index in [0.717, 1.165) is 6.42 Å². The number of ether oxygens (including phenoxy) is 4. The molecule has 0 bridgehead atoms. The minimum absolute atomic E-state index is 0.00280. The largest absolute Gasteiger partial charge is 0.462 e. The van der Waals surface area contributed by atoms with Gasteiger partial charge in [-0.05, 0) is 31.1 Å². The van der Waals surface area contributed by atoms with E-state index >= 15 is 0 Å². The van der Waals surface area contributed by atoms with Crippen LogP contribution in [0.3, 0.4) is 0 Å². The van der Waals surface area contributed by atoms with Crippen molar-refractivity contribution in [2.75, 3.05) is 39.5 Å². The summed E-state index contributed by atoms with van der Waals surface area (Å²) in [5, 5.41) is 5.37. The third-order valence-corrected chi connectivity index (χ3v) is 4.50. The first-order valence-electron chi connectivity index (χ1n) is 11.1. The molecule has 10 heteroatoms. The van der Waals surface area contributed by atoms with Gasteiger partial charge in [-0.3, -0.25) is 4.79 Å². The normalized spacial score (nSPS) is 11.8. The van der Waals surface area contributed by atoms with E-state index < -0.39 is 18.2 Å². The summed E-state index contributed by atoms with van der Waals surface area (Å²) >= 11 is 0. The predicted molar refractivity (Wildman–Crippen MR) is 122 cm³/mol. The third kappa shape index (κ3) is 16.5. The van der Waals surface area contributed by atoms with Crippen LogP contribution in [-0.2, 0) is 28.5 Å². The van der Waals surface area contributed by atoms with Gasteiger partial charge in [-0.25, -0.2) is 14.4 Å². The Bertz CT molecular complexity index is 661. The van der Waals surface area contributed by atoms with E-state index in [1.54, 1.807) is 13.8 Å². The van der Waals surface area contributed by atoms with Gasteiger partial charge in [0, 0.05) is 18.7 Å². The lowest BCUT2D eigenvalue weighted by atomic mass is 9.80. The molecule has 0 aliphatic carbocycles. The van der Waals surface area contributed by atoms with Gasteiger partial charge >= 0.3 is 24.1 Å². The van der Waals surface area contributed by atoms with E-state index in [2.05, 4.69) is 31.1 Å². The minimum Gasteiger partial charge on any atom is -0.462 e. The maximum Gasteiger partial charge on any atom is 0.407 e. The van der Waals surface area contributed by atoms with Gasteiger partial charge in [0.2, 0.25) is 0 Å². The quantitative estimate of drug-likeness (QED) is 0.161. The van der Waals surface area contributed by atoms with Gasteiger partial charge in [0.15, 0.2) is 0 Å². The number of amides is 2. The maximum absolute atomic E-state index is 11.7. The van der Waals surface area contributed by atoms with Gasteiger partial charge in [0.05, 0.1) is 5.92 Å². The van der Waals surface area contributed by atoms with E-state index in [9.17, 15) is 19.2 Å². The minimum atomic E-state index is -0.575. The van der Waals surface area contributed by atoms with Crippen molar-refractivity contribution in [3.05, 3.63) is 12.2 Å². The van der Waals surface area contributed by atoms with Crippen molar-refractivity contribution < 1.29 is 38.1 Å². The Hall–Kier alpha value is -2.78. The zero-order valence-electron chi connectivity index (χ0n) is 20.8. The number of nitrogens with one attached hydrogen (secondary N) is 2. The summed E-state index contributed by atoms with van der Waals surface area (Å²) in [7, 11) is 0. The van der Waals surface area contributed by atoms with E-state index in [0.29, 0.717) is 19.5 Å². The van der Waals surface area contributed by atoms with Crippen molar-refractivity contribution in [3.63, 3.8) is 0 Å². The van der Waals surface area contributed by atoms with Gasteiger partial charge in [-0.15, -0.1) is 0 Å². The second kappa shape index (κ2) is 15.9. The molecule has 0 radical (unpaired) electrons. The monoisotopic (exact) mass is 472 g/mol. The van der Waals surface area contributed by atoms with E-state index in [-0.39, 0.29) is 55.2 Å². The highest BCUT2D eigenvalue weighted by Crippen LogP contribution is 2.28. The molecule has 0 heterocycles. The molecule has 0 saturated carbocycles. The molecular weight excluding hydrogens is 432 g/mol. The Labute approximate surface area is 196 Å². The zero-order chi connectivity index (χ0) is 25.4. The van der Waals surface area contributed by atoms with Crippen LogP contribution in [0, 0.1) is 17.3 Å². The first-order valence-corrected chi connectivity index (χ1v) is 11.1. The maximum atomic E-state index is 11.7. The molecule has 0 aromatic heterocycles. The molecule has 0 rings (SSSR count). The molecule has 0 spiro atoms. The van der Waals surface area contributed by atoms with Crippen LogP contribution in [0.15, 0.2) is 12.2 Å². The Morgan fingerprint density at radius 3 is 1.91 bits per heavy atom. The second-order valence-electron chi connectivity index (χ2n) is 9.04. The van der Waals surface area contributed by atoms with E-state index in [1.165, 1.54) is 6.92 Å². The Morgan fingerprint density at radius 1 is 0.848 bits per heavy atom. The first kappa shape index (κ1) is 30.2. The number of carbonyl (C=O) groups is 4. The standard InChI is InChI=1S/C23H40N2O8/c1-16(2)19(26)30-10-12-32-21(28)24-9-8-23(6,7)14-18(5)15-25-22(29)33-13-11-31-20(27)17(3)4/h16,18H,3,8-15H2,1-2,4-7H3,(H,24,28)(H,25,29). The molecule has 0 aliphatic rings. The van der Waals surface area contributed by atoms with Crippen molar-refractivity contribution in [1.29, 1.82) is 0 Å². The molecule has 0 aromatic carbocycles. The van der Waals surface area contributed by atoms with Crippen molar-refractivity contribution in [2.24, 2.45) is 17.3 Å². The predicted octanol–water partition coefficient (Wildman–Crippen LogP) is 3.20. The zero-order valence-corrected chi connectivity index (χ0v) is 20.8. The van der Waals surface area contributed by atoms with E-state index in [1.807, 2.05) is 6.92 Å². The molecule has 0 aromatic rings. The Balaban J connectivity index is 3.96. The molecule has 190 valence electrons. The summed E-state index contributed by atoms with van der Waals surface area (Å²) in [5.74, 6) is -0.898. The van der Waals surface area contributed by atoms with Crippen LogP contribution in [0.1, 0.15) is 54.4 Å². The fourth-order valence-electron chi connectivity index (χ4n) is 2.82. The Morgan fingerprint density at radius 2 is 1.36 bits per heavy atom. The highest BCUT2D eigenvalue weighted by Gasteiger charge is 2.22. The molecule has 0 aliphatic heterocycles. The fourth-order valence-corrected chi connectivity index (χ4v) is 2.82. The highest BCUT2D eigenvalue weighted by atomic mass is 16.6. The average molecular weight is 473 g/mol. The average Bonchev–Trinajstić information content (AvgIpc) is 2.71. The summed E-state index contributed by atoms with van der Waals surface area (Å²) in [6.07, 6.45) is 0.394. The van der Waals surface area contributed by atoms with E-state index in [4.69, 9.17) is 18.9 Å². The van der Waals surface area contributed by atoms with Crippen LogP contribution in [0.5, 0.6) is 0 Å². The lowest BCUT2D eigenvalue weighted by Gasteiger charge is -2.28. The van der Waals surface area contributed by atoms with Crippen LogP contribution in [0.4, 0.5) is 9.59 Å². The molecule has 10 nitrogen and oxygen atoms in total. The number of carbonyl (C=O) groups excluding carboxylic acids is 4. The number of rotatable bonds is 15. The number of alkyl carbamates (subject to hydrolysis) is 2. The fraction of sp³-hybridized carbons (Fsp3) is 0.739. The van der Waals surface area contributed by atoms with Crippen molar-refractivity contribution >= 4 is 24.1 Å². The molecule has 2 amide bonds. The number of hydrogen-bond donors (Lipinski definition) is 2. The molecule has 1 atom stereocenters. The van der Waals surface area contributed by atoms with Gasteiger partial charge < -0.3 is 29.6 Å². The summed E-state index contributed by atoms with van der Waals surface area (Å²) in [4.78, 5) is 46.0. The van der Waals surface area contributed by atoms with Crippen LogP contribution < -0.4 is 10.6 Å². The number of esters is 2. The smallest absolute Gasteiger partial charge is 0.407 e. The molecule has 2 N–H and O–H groups in total. The molecule has 1 unspecified atom stereocenters. The lowest BCUT2D eigenvalue weighted by molar-refractivity contribution is -0.148. The Kier molecular flexibility index (Phi) is 14.6.